The van der Waals surface area contributed by atoms with E-state index in [9.17, 15) is 9.90 Å². The quantitative estimate of drug-likeness (QED) is 0.877. The molecule has 1 fully saturated rings. The highest BCUT2D eigenvalue weighted by atomic mass is 16.3. The Morgan fingerprint density at radius 3 is 2.82 bits per heavy atom. The second-order valence-corrected chi connectivity index (χ2v) is 6.45. The number of aryl methyl sites for hydroxylation is 1. The van der Waals surface area contributed by atoms with Crippen LogP contribution in [0.3, 0.4) is 0 Å². The second kappa shape index (κ2) is 7.75. The minimum Gasteiger partial charge on any atom is -0.396 e. The molecule has 1 aliphatic rings. The van der Waals surface area contributed by atoms with Gasteiger partial charge in [0.05, 0.1) is 12.1 Å². The standard InChI is InChI=1S/C18H28N2O2/c1-13-7-4-5-9-17(13)14(2)19-18(22)15(3)20-10-6-8-16(11-20)12-21/h4-5,7,9,14-16,21H,6,8,10-12H2,1-3H3,(H,19,22). The number of hydrogen-bond acceptors (Lipinski definition) is 3. The van der Waals surface area contributed by atoms with Crippen LogP contribution in [0.25, 0.3) is 0 Å². The highest BCUT2D eigenvalue weighted by Crippen LogP contribution is 2.20. The van der Waals surface area contributed by atoms with E-state index in [1.54, 1.807) is 0 Å². The molecule has 0 spiro atoms. The molecule has 1 heterocycles. The molecule has 22 heavy (non-hydrogen) atoms. The van der Waals surface area contributed by atoms with Crippen LogP contribution in [0.15, 0.2) is 24.3 Å². The van der Waals surface area contributed by atoms with E-state index in [0.29, 0.717) is 5.92 Å². The molecule has 0 bridgehead atoms. The summed E-state index contributed by atoms with van der Waals surface area (Å²) in [5.74, 6) is 0.368. The Bertz CT molecular complexity index is 504. The molecule has 0 aliphatic carbocycles. The molecular formula is C18H28N2O2. The van der Waals surface area contributed by atoms with Gasteiger partial charge in [0, 0.05) is 13.2 Å². The number of rotatable bonds is 5. The average Bonchev–Trinajstić information content (AvgIpc) is 2.54. The first-order chi connectivity index (χ1) is 10.5. The molecule has 1 amide bonds. The Kier molecular flexibility index (Phi) is 5.98. The van der Waals surface area contributed by atoms with Gasteiger partial charge in [0.15, 0.2) is 0 Å². The molecule has 1 aliphatic heterocycles. The minimum atomic E-state index is -0.152. The molecule has 4 heteroatoms. The van der Waals surface area contributed by atoms with Crippen molar-refractivity contribution in [1.29, 1.82) is 0 Å². The van der Waals surface area contributed by atoms with Gasteiger partial charge in [-0.25, -0.2) is 0 Å². The predicted octanol–water partition coefficient (Wildman–Crippen LogP) is 2.27. The Morgan fingerprint density at radius 2 is 2.14 bits per heavy atom. The van der Waals surface area contributed by atoms with E-state index in [4.69, 9.17) is 0 Å². The van der Waals surface area contributed by atoms with Gasteiger partial charge in [-0.2, -0.15) is 0 Å². The Labute approximate surface area is 133 Å². The molecule has 2 rings (SSSR count). The van der Waals surface area contributed by atoms with E-state index < -0.39 is 0 Å². The molecule has 3 atom stereocenters. The zero-order chi connectivity index (χ0) is 16.1. The number of hydrogen-bond donors (Lipinski definition) is 2. The van der Waals surface area contributed by atoms with E-state index in [1.165, 1.54) is 5.56 Å². The van der Waals surface area contributed by atoms with Gasteiger partial charge in [-0.15, -0.1) is 0 Å². The Hall–Kier alpha value is -1.39. The maximum Gasteiger partial charge on any atom is 0.237 e. The first-order valence-corrected chi connectivity index (χ1v) is 8.23. The number of aliphatic hydroxyl groups is 1. The molecule has 0 aromatic heterocycles. The monoisotopic (exact) mass is 304 g/mol. The van der Waals surface area contributed by atoms with Crippen molar-refractivity contribution in [2.24, 2.45) is 5.92 Å². The molecular weight excluding hydrogens is 276 g/mol. The highest BCUT2D eigenvalue weighted by molar-refractivity contribution is 5.81. The summed E-state index contributed by atoms with van der Waals surface area (Å²) in [5.41, 5.74) is 2.36. The van der Waals surface area contributed by atoms with Crippen LogP contribution in [0.2, 0.25) is 0 Å². The van der Waals surface area contributed by atoms with Gasteiger partial charge in [0.25, 0.3) is 0 Å². The second-order valence-electron chi connectivity index (χ2n) is 6.45. The highest BCUT2D eigenvalue weighted by Gasteiger charge is 2.27. The summed E-state index contributed by atoms with van der Waals surface area (Å²) in [7, 11) is 0. The molecule has 2 N–H and O–H groups in total. The molecule has 1 saturated heterocycles. The summed E-state index contributed by atoms with van der Waals surface area (Å²) >= 11 is 0. The molecule has 3 unspecified atom stereocenters. The van der Waals surface area contributed by atoms with Crippen molar-refractivity contribution in [1.82, 2.24) is 10.2 Å². The summed E-state index contributed by atoms with van der Waals surface area (Å²) in [6.07, 6.45) is 2.11. The summed E-state index contributed by atoms with van der Waals surface area (Å²) < 4.78 is 0. The molecule has 1 aromatic carbocycles. The van der Waals surface area contributed by atoms with Crippen LogP contribution in [0.5, 0.6) is 0 Å². The topological polar surface area (TPSA) is 52.6 Å². The van der Waals surface area contributed by atoms with Crippen LogP contribution < -0.4 is 5.32 Å². The maximum atomic E-state index is 12.5. The number of amides is 1. The van der Waals surface area contributed by atoms with E-state index in [-0.39, 0.29) is 24.6 Å². The van der Waals surface area contributed by atoms with Gasteiger partial charge in [0.2, 0.25) is 5.91 Å². The lowest BCUT2D eigenvalue weighted by atomic mass is 9.97. The smallest absolute Gasteiger partial charge is 0.237 e. The molecule has 122 valence electrons. The van der Waals surface area contributed by atoms with Crippen molar-refractivity contribution in [3.63, 3.8) is 0 Å². The number of nitrogens with zero attached hydrogens (tertiary/aromatic N) is 1. The fraction of sp³-hybridized carbons (Fsp3) is 0.611. The molecule has 1 aromatic rings. The lowest BCUT2D eigenvalue weighted by Gasteiger charge is -2.35. The van der Waals surface area contributed by atoms with Gasteiger partial charge >= 0.3 is 0 Å². The van der Waals surface area contributed by atoms with Gasteiger partial charge in [-0.1, -0.05) is 24.3 Å². The van der Waals surface area contributed by atoms with Gasteiger partial charge in [-0.3, -0.25) is 9.69 Å². The van der Waals surface area contributed by atoms with Gasteiger partial charge < -0.3 is 10.4 Å². The number of benzene rings is 1. The molecule has 0 radical (unpaired) electrons. The van der Waals surface area contributed by atoms with Gasteiger partial charge in [-0.05, 0) is 57.2 Å². The van der Waals surface area contributed by atoms with Crippen molar-refractivity contribution < 1.29 is 9.90 Å². The van der Waals surface area contributed by atoms with Crippen molar-refractivity contribution in [2.75, 3.05) is 19.7 Å². The van der Waals surface area contributed by atoms with E-state index in [0.717, 1.165) is 31.5 Å². The van der Waals surface area contributed by atoms with Crippen molar-refractivity contribution in [2.45, 2.75) is 45.7 Å². The average molecular weight is 304 g/mol. The number of nitrogens with one attached hydrogen (secondary N) is 1. The number of carbonyl (C=O) groups is 1. The summed E-state index contributed by atoms with van der Waals surface area (Å²) in [6, 6.07) is 8.00. The van der Waals surface area contributed by atoms with E-state index in [1.807, 2.05) is 26.0 Å². The largest absolute Gasteiger partial charge is 0.396 e. The fourth-order valence-corrected chi connectivity index (χ4v) is 3.25. The minimum absolute atomic E-state index is 0.00887. The lowest BCUT2D eigenvalue weighted by molar-refractivity contribution is -0.127. The lowest BCUT2D eigenvalue weighted by Crippen LogP contribution is -2.50. The zero-order valence-electron chi connectivity index (χ0n) is 13.9. The summed E-state index contributed by atoms with van der Waals surface area (Å²) in [4.78, 5) is 14.7. The number of carbonyl (C=O) groups excluding carboxylic acids is 1. The molecule has 4 nitrogen and oxygen atoms in total. The molecule has 0 saturated carbocycles. The van der Waals surface area contributed by atoms with E-state index in [2.05, 4.69) is 29.3 Å². The van der Waals surface area contributed by atoms with Crippen LogP contribution >= 0.6 is 0 Å². The number of aliphatic hydroxyl groups excluding tert-OH is 1. The van der Waals surface area contributed by atoms with E-state index >= 15 is 0 Å². The Morgan fingerprint density at radius 1 is 1.41 bits per heavy atom. The summed E-state index contributed by atoms with van der Waals surface area (Å²) in [6.45, 7) is 8.01. The third-order valence-corrected chi connectivity index (χ3v) is 4.75. The SMILES string of the molecule is Cc1ccccc1C(C)NC(=O)C(C)N1CCCC(CO)C1. The van der Waals surface area contributed by atoms with Crippen molar-refractivity contribution >= 4 is 5.91 Å². The first-order valence-electron chi connectivity index (χ1n) is 8.23. The number of piperidine rings is 1. The zero-order valence-corrected chi connectivity index (χ0v) is 13.9. The third-order valence-electron chi connectivity index (χ3n) is 4.75. The maximum absolute atomic E-state index is 12.5. The van der Waals surface area contributed by atoms with Crippen LogP contribution in [0.1, 0.15) is 43.9 Å². The Balaban J connectivity index is 1.95. The fourth-order valence-electron chi connectivity index (χ4n) is 3.25. The predicted molar refractivity (Wildman–Crippen MR) is 88.6 cm³/mol. The normalized spacial score (nSPS) is 22.1. The first kappa shape index (κ1) is 17.0. The van der Waals surface area contributed by atoms with Crippen LogP contribution in [-0.4, -0.2) is 41.7 Å². The summed E-state index contributed by atoms with van der Waals surface area (Å²) in [5, 5.41) is 12.5. The number of likely N-dealkylation sites (tertiary alicyclic amines) is 1. The third kappa shape index (κ3) is 4.08. The van der Waals surface area contributed by atoms with Crippen molar-refractivity contribution in [3.8, 4) is 0 Å². The van der Waals surface area contributed by atoms with Crippen LogP contribution in [-0.2, 0) is 4.79 Å². The van der Waals surface area contributed by atoms with Crippen molar-refractivity contribution in [3.05, 3.63) is 35.4 Å². The van der Waals surface area contributed by atoms with Crippen LogP contribution in [0, 0.1) is 12.8 Å². The van der Waals surface area contributed by atoms with Crippen LogP contribution in [0.4, 0.5) is 0 Å². The van der Waals surface area contributed by atoms with Gasteiger partial charge in [0.1, 0.15) is 0 Å².